The van der Waals surface area contributed by atoms with Crippen molar-refractivity contribution < 1.29 is 0 Å². The van der Waals surface area contributed by atoms with Gasteiger partial charge in [-0.15, -0.1) is 0 Å². The minimum absolute atomic E-state index is 0.426. The molecular formula is C16H12ClN3S. The fourth-order valence-corrected chi connectivity index (χ4v) is 2.74. The molecule has 0 saturated heterocycles. The maximum Gasteiger partial charge on any atom is 0.156 e. The normalized spacial score (nSPS) is 10.5. The van der Waals surface area contributed by atoms with Gasteiger partial charge in [-0.05, 0) is 24.3 Å². The lowest BCUT2D eigenvalue weighted by molar-refractivity contribution is 1.08. The summed E-state index contributed by atoms with van der Waals surface area (Å²) in [7, 11) is 0. The Hall–Kier alpha value is -2.04. The molecular weight excluding hydrogens is 302 g/mol. The van der Waals surface area contributed by atoms with Crippen molar-refractivity contribution in [3.05, 3.63) is 65.8 Å². The molecule has 0 amide bonds. The molecule has 0 atom stereocenters. The highest BCUT2D eigenvalue weighted by atomic mass is 35.5. The van der Waals surface area contributed by atoms with Crippen molar-refractivity contribution >= 4 is 29.2 Å². The first-order chi connectivity index (χ1) is 10.2. The van der Waals surface area contributed by atoms with Gasteiger partial charge in [0.2, 0.25) is 0 Å². The third-order valence-corrected chi connectivity index (χ3v) is 4.12. The Bertz CT molecular complexity index is 745. The van der Waals surface area contributed by atoms with Crippen LogP contribution < -0.4 is 5.73 Å². The Labute approximate surface area is 132 Å². The quantitative estimate of drug-likeness (QED) is 0.771. The smallest absolute Gasteiger partial charge is 0.156 e. The standard InChI is InChI=1S/C16H12ClN3S/c17-12-6-8-13(9-7-12)21-16-15(18)19-10-14(20-16)11-4-2-1-3-5-11/h1-10H,(H2,18,19). The molecule has 2 N–H and O–H groups in total. The zero-order valence-electron chi connectivity index (χ0n) is 11.0. The van der Waals surface area contributed by atoms with Gasteiger partial charge < -0.3 is 5.73 Å². The van der Waals surface area contributed by atoms with Gasteiger partial charge in [-0.3, -0.25) is 0 Å². The molecule has 2 aromatic carbocycles. The average Bonchev–Trinajstić information content (AvgIpc) is 2.52. The number of hydrogen-bond acceptors (Lipinski definition) is 4. The lowest BCUT2D eigenvalue weighted by atomic mass is 10.2. The Morgan fingerprint density at radius 1 is 0.952 bits per heavy atom. The number of benzene rings is 2. The van der Waals surface area contributed by atoms with Crippen LogP contribution in [0.1, 0.15) is 0 Å². The predicted molar refractivity (Wildman–Crippen MR) is 87.5 cm³/mol. The molecule has 0 bridgehead atoms. The molecule has 0 aliphatic heterocycles. The summed E-state index contributed by atoms with van der Waals surface area (Å²) in [6.45, 7) is 0. The molecule has 1 aromatic heterocycles. The van der Waals surface area contributed by atoms with E-state index in [-0.39, 0.29) is 0 Å². The van der Waals surface area contributed by atoms with Crippen LogP contribution in [-0.2, 0) is 0 Å². The Kier molecular flexibility index (Phi) is 4.08. The van der Waals surface area contributed by atoms with Crippen molar-refractivity contribution in [1.82, 2.24) is 9.97 Å². The van der Waals surface area contributed by atoms with E-state index in [0.29, 0.717) is 15.9 Å². The van der Waals surface area contributed by atoms with E-state index in [1.807, 2.05) is 54.6 Å². The molecule has 3 aromatic rings. The van der Waals surface area contributed by atoms with Crippen LogP contribution in [0.5, 0.6) is 0 Å². The maximum atomic E-state index is 5.92. The van der Waals surface area contributed by atoms with Crippen molar-refractivity contribution in [2.24, 2.45) is 0 Å². The monoisotopic (exact) mass is 313 g/mol. The highest BCUT2D eigenvalue weighted by Gasteiger charge is 2.08. The minimum atomic E-state index is 0.426. The second-order valence-corrected chi connectivity index (χ2v) is 5.87. The van der Waals surface area contributed by atoms with Crippen molar-refractivity contribution in [3.63, 3.8) is 0 Å². The summed E-state index contributed by atoms with van der Waals surface area (Å²) < 4.78 is 0. The van der Waals surface area contributed by atoms with Gasteiger partial charge >= 0.3 is 0 Å². The van der Waals surface area contributed by atoms with Crippen LogP contribution in [-0.4, -0.2) is 9.97 Å². The minimum Gasteiger partial charge on any atom is -0.381 e. The molecule has 0 spiro atoms. The Balaban J connectivity index is 1.93. The topological polar surface area (TPSA) is 51.8 Å². The number of halogens is 1. The van der Waals surface area contributed by atoms with E-state index in [1.54, 1.807) is 6.20 Å². The Morgan fingerprint density at radius 2 is 1.67 bits per heavy atom. The SMILES string of the molecule is Nc1ncc(-c2ccccc2)nc1Sc1ccc(Cl)cc1. The first-order valence-corrected chi connectivity index (χ1v) is 7.53. The second-order valence-electron chi connectivity index (χ2n) is 4.37. The molecule has 0 aliphatic carbocycles. The third kappa shape index (κ3) is 3.35. The molecule has 3 nitrogen and oxygen atoms in total. The number of anilines is 1. The fourth-order valence-electron chi connectivity index (χ4n) is 1.82. The van der Waals surface area contributed by atoms with Gasteiger partial charge in [0.25, 0.3) is 0 Å². The van der Waals surface area contributed by atoms with E-state index in [4.69, 9.17) is 17.3 Å². The van der Waals surface area contributed by atoms with Gasteiger partial charge in [-0.2, -0.15) is 0 Å². The van der Waals surface area contributed by atoms with Crippen LogP contribution in [0.4, 0.5) is 5.82 Å². The largest absolute Gasteiger partial charge is 0.381 e. The summed E-state index contributed by atoms with van der Waals surface area (Å²) in [5.41, 5.74) is 7.75. The number of nitrogens with zero attached hydrogens (tertiary/aromatic N) is 2. The van der Waals surface area contributed by atoms with E-state index >= 15 is 0 Å². The number of nitrogen functional groups attached to an aromatic ring is 1. The summed E-state index contributed by atoms with van der Waals surface area (Å²) in [4.78, 5) is 9.86. The summed E-state index contributed by atoms with van der Waals surface area (Å²) in [5.74, 6) is 0.426. The van der Waals surface area contributed by atoms with E-state index in [9.17, 15) is 0 Å². The highest BCUT2D eigenvalue weighted by Crippen LogP contribution is 2.31. The van der Waals surface area contributed by atoms with Crippen molar-refractivity contribution in [1.29, 1.82) is 0 Å². The van der Waals surface area contributed by atoms with E-state index in [0.717, 1.165) is 16.2 Å². The van der Waals surface area contributed by atoms with Gasteiger partial charge in [0, 0.05) is 15.5 Å². The van der Waals surface area contributed by atoms with Crippen LogP contribution in [0.2, 0.25) is 5.02 Å². The molecule has 0 unspecified atom stereocenters. The molecule has 0 radical (unpaired) electrons. The lowest BCUT2D eigenvalue weighted by Gasteiger charge is -2.07. The molecule has 3 rings (SSSR count). The van der Waals surface area contributed by atoms with Crippen LogP contribution in [0.25, 0.3) is 11.3 Å². The number of hydrogen-bond donors (Lipinski definition) is 1. The summed E-state index contributed by atoms with van der Waals surface area (Å²) in [6, 6.07) is 17.5. The van der Waals surface area contributed by atoms with Gasteiger partial charge in [-0.25, -0.2) is 9.97 Å². The first kappa shape index (κ1) is 13.9. The highest BCUT2D eigenvalue weighted by molar-refractivity contribution is 7.99. The Morgan fingerprint density at radius 3 is 2.38 bits per heavy atom. The number of nitrogens with two attached hydrogens (primary N) is 1. The molecule has 104 valence electrons. The predicted octanol–water partition coefficient (Wildman–Crippen LogP) is 4.53. The molecule has 0 fully saturated rings. The first-order valence-electron chi connectivity index (χ1n) is 6.34. The fraction of sp³-hybridized carbons (Fsp3) is 0. The van der Waals surface area contributed by atoms with Crippen molar-refractivity contribution in [2.45, 2.75) is 9.92 Å². The molecule has 21 heavy (non-hydrogen) atoms. The van der Waals surface area contributed by atoms with Gasteiger partial charge in [0.1, 0.15) is 5.03 Å². The van der Waals surface area contributed by atoms with Crippen LogP contribution in [0, 0.1) is 0 Å². The van der Waals surface area contributed by atoms with Gasteiger partial charge in [-0.1, -0.05) is 53.7 Å². The molecule has 1 heterocycles. The average molecular weight is 314 g/mol. The molecule has 0 aliphatic rings. The van der Waals surface area contributed by atoms with E-state index < -0.39 is 0 Å². The van der Waals surface area contributed by atoms with Gasteiger partial charge in [0.15, 0.2) is 5.82 Å². The van der Waals surface area contributed by atoms with Crippen molar-refractivity contribution in [2.75, 3.05) is 5.73 Å². The van der Waals surface area contributed by atoms with E-state index in [2.05, 4.69) is 9.97 Å². The third-order valence-electron chi connectivity index (χ3n) is 2.86. The lowest BCUT2D eigenvalue weighted by Crippen LogP contribution is -1.97. The molecule has 0 saturated carbocycles. The van der Waals surface area contributed by atoms with Crippen LogP contribution in [0.15, 0.2) is 70.7 Å². The van der Waals surface area contributed by atoms with E-state index in [1.165, 1.54) is 11.8 Å². The molecule has 5 heteroatoms. The van der Waals surface area contributed by atoms with Crippen LogP contribution >= 0.6 is 23.4 Å². The summed E-state index contributed by atoms with van der Waals surface area (Å²) >= 11 is 7.36. The summed E-state index contributed by atoms with van der Waals surface area (Å²) in [6.07, 6.45) is 1.69. The number of rotatable bonds is 3. The zero-order valence-corrected chi connectivity index (χ0v) is 12.6. The van der Waals surface area contributed by atoms with Crippen LogP contribution in [0.3, 0.4) is 0 Å². The summed E-state index contributed by atoms with van der Waals surface area (Å²) in [5, 5.41) is 1.40. The van der Waals surface area contributed by atoms with Crippen molar-refractivity contribution in [3.8, 4) is 11.3 Å². The number of aromatic nitrogens is 2. The maximum absolute atomic E-state index is 5.92. The second kappa shape index (κ2) is 6.16. The van der Waals surface area contributed by atoms with Gasteiger partial charge in [0.05, 0.1) is 11.9 Å². The zero-order chi connectivity index (χ0) is 14.7.